The second kappa shape index (κ2) is 7.77. The molecule has 1 unspecified atom stereocenters. The summed E-state index contributed by atoms with van der Waals surface area (Å²) < 4.78 is 5.21. The molecule has 0 spiro atoms. The first-order chi connectivity index (χ1) is 9.38. The normalized spacial score (nSPS) is 14.0. The smallest absolute Gasteiger partial charge is 0.0589 e. The summed E-state index contributed by atoms with van der Waals surface area (Å²) in [5, 5.41) is 0. The molecule has 1 atom stereocenters. The van der Waals surface area contributed by atoms with Crippen molar-refractivity contribution in [1.29, 1.82) is 0 Å². The van der Waals surface area contributed by atoms with Gasteiger partial charge in [0.1, 0.15) is 0 Å². The van der Waals surface area contributed by atoms with E-state index in [1.54, 1.807) is 7.11 Å². The van der Waals surface area contributed by atoms with Crippen molar-refractivity contribution in [3.8, 4) is 0 Å². The fourth-order valence-corrected chi connectivity index (χ4v) is 2.46. The van der Waals surface area contributed by atoms with Gasteiger partial charge in [0.15, 0.2) is 0 Å². The van der Waals surface area contributed by atoms with Crippen molar-refractivity contribution >= 4 is 0 Å². The van der Waals surface area contributed by atoms with E-state index in [0.717, 1.165) is 19.7 Å². The van der Waals surface area contributed by atoms with Gasteiger partial charge in [0, 0.05) is 32.3 Å². The number of hydrogen-bond donors (Lipinski definition) is 1. The van der Waals surface area contributed by atoms with E-state index in [1.165, 1.54) is 5.56 Å². The summed E-state index contributed by atoms with van der Waals surface area (Å²) in [4.78, 5) is 2.44. The SMILES string of the molecule is COCCN(CC(C)(C)C(N)c1ccccc1)C(C)C. The van der Waals surface area contributed by atoms with Crippen molar-refractivity contribution in [2.24, 2.45) is 11.1 Å². The first kappa shape index (κ1) is 17.2. The van der Waals surface area contributed by atoms with Crippen molar-refractivity contribution < 1.29 is 4.74 Å². The fraction of sp³-hybridized carbons (Fsp3) is 0.647. The van der Waals surface area contributed by atoms with E-state index in [0.29, 0.717) is 6.04 Å². The predicted octanol–water partition coefficient (Wildman–Crippen LogP) is 3.07. The van der Waals surface area contributed by atoms with Crippen LogP contribution in [0.25, 0.3) is 0 Å². The van der Waals surface area contributed by atoms with Crippen LogP contribution in [0, 0.1) is 5.41 Å². The zero-order valence-electron chi connectivity index (χ0n) is 13.6. The van der Waals surface area contributed by atoms with E-state index in [2.05, 4.69) is 56.9 Å². The molecule has 0 saturated heterocycles. The van der Waals surface area contributed by atoms with Gasteiger partial charge in [-0.2, -0.15) is 0 Å². The molecule has 0 aliphatic rings. The van der Waals surface area contributed by atoms with Crippen LogP contribution in [0.3, 0.4) is 0 Å². The molecule has 3 nitrogen and oxygen atoms in total. The molecule has 20 heavy (non-hydrogen) atoms. The Morgan fingerprint density at radius 2 is 1.80 bits per heavy atom. The van der Waals surface area contributed by atoms with Crippen LogP contribution < -0.4 is 5.73 Å². The Labute approximate surface area is 124 Å². The number of benzene rings is 1. The molecule has 0 saturated carbocycles. The first-order valence-corrected chi connectivity index (χ1v) is 7.42. The second-order valence-corrected chi connectivity index (χ2v) is 6.43. The van der Waals surface area contributed by atoms with Gasteiger partial charge in [-0.05, 0) is 24.8 Å². The summed E-state index contributed by atoms with van der Waals surface area (Å²) in [6, 6.07) is 10.9. The molecular formula is C17H30N2O. The van der Waals surface area contributed by atoms with Gasteiger partial charge in [-0.15, -0.1) is 0 Å². The van der Waals surface area contributed by atoms with Gasteiger partial charge in [0.05, 0.1) is 6.61 Å². The first-order valence-electron chi connectivity index (χ1n) is 7.42. The lowest BCUT2D eigenvalue weighted by atomic mass is 9.80. The largest absolute Gasteiger partial charge is 0.383 e. The Bertz CT molecular complexity index is 376. The highest BCUT2D eigenvalue weighted by Crippen LogP contribution is 2.32. The van der Waals surface area contributed by atoms with Gasteiger partial charge >= 0.3 is 0 Å². The molecule has 2 N–H and O–H groups in total. The summed E-state index contributed by atoms with van der Waals surface area (Å²) >= 11 is 0. The Morgan fingerprint density at radius 3 is 2.30 bits per heavy atom. The molecule has 1 aromatic carbocycles. The van der Waals surface area contributed by atoms with E-state index >= 15 is 0 Å². The molecule has 1 rings (SSSR count). The van der Waals surface area contributed by atoms with Gasteiger partial charge in [-0.3, -0.25) is 4.90 Å². The molecule has 0 heterocycles. The summed E-state index contributed by atoms with van der Waals surface area (Å²) in [5.41, 5.74) is 7.71. The summed E-state index contributed by atoms with van der Waals surface area (Å²) in [6.07, 6.45) is 0. The Hall–Kier alpha value is -0.900. The minimum atomic E-state index is 0.0133. The number of rotatable bonds is 8. The molecule has 0 aliphatic carbocycles. The highest BCUT2D eigenvalue weighted by molar-refractivity contribution is 5.20. The van der Waals surface area contributed by atoms with Gasteiger partial charge in [-0.25, -0.2) is 0 Å². The summed E-state index contributed by atoms with van der Waals surface area (Å²) in [6.45, 7) is 11.6. The molecule has 0 amide bonds. The highest BCUT2D eigenvalue weighted by atomic mass is 16.5. The molecule has 3 heteroatoms. The predicted molar refractivity (Wildman–Crippen MR) is 85.7 cm³/mol. The molecule has 114 valence electrons. The van der Waals surface area contributed by atoms with Crippen LogP contribution in [0.15, 0.2) is 30.3 Å². The van der Waals surface area contributed by atoms with E-state index in [4.69, 9.17) is 10.5 Å². The molecule has 0 fully saturated rings. The van der Waals surface area contributed by atoms with Gasteiger partial charge in [0.25, 0.3) is 0 Å². The lowest BCUT2D eigenvalue weighted by molar-refractivity contribution is 0.0863. The third-order valence-corrected chi connectivity index (χ3v) is 3.92. The number of nitrogens with zero attached hydrogens (tertiary/aromatic N) is 1. The maximum absolute atomic E-state index is 6.49. The summed E-state index contributed by atoms with van der Waals surface area (Å²) in [5.74, 6) is 0. The van der Waals surface area contributed by atoms with Gasteiger partial charge in [0.2, 0.25) is 0 Å². The molecule has 0 aliphatic heterocycles. The standard InChI is InChI=1S/C17H30N2O/c1-14(2)19(11-12-20-5)13-17(3,4)16(18)15-9-7-6-8-10-15/h6-10,14,16H,11-13,18H2,1-5H3. The number of ether oxygens (including phenoxy) is 1. The average molecular weight is 278 g/mol. The molecular weight excluding hydrogens is 248 g/mol. The van der Waals surface area contributed by atoms with Crippen LogP contribution in [0.4, 0.5) is 0 Å². The van der Waals surface area contributed by atoms with Gasteiger partial charge in [-0.1, -0.05) is 44.2 Å². The highest BCUT2D eigenvalue weighted by Gasteiger charge is 2.30. The maximum atomic E-state index is 6.49. The van der Waals surface area contributed by atoms with Crippen molar-refractivity contribution in [1.82, 2.24) is 4.90 Å². The lowest BCUT2D eigenvalue weighted by Crippen LogP contribution is -2.45. The zero-order chi connectivity index (χ0) is 15.2. The molecule has 0 bridgehead atoms. The van der Waals surface area contributed by atoms with Crippen LogP contribution in [-0.2, 0) is 4.74 Å². The zero-order valence-corrected chi connectivity index (χ0v) is 13.6. The van der Waals surface area contributed by atoms with Crippen LogP contribution in [0.2, 0.25) is 0 Å². The topological polar surface area (TPSA) is 38.5 Å². The molecule has 0 aromatic heterocycles. The number of nitrogens with two attached hydrogens (primary N) is 1. The van der Waals surface area contributed by atoms with Gasteiger partial charge < -0.3 is 10.5 Å². The molecule has 0 radical (unpaired) electrons. The van der Waals surface area contributed by atoms with Crippen LogP contribution in [0.1, 0.15) is 39.3 Å². The van der Waals surface area contributed by atoms with Crippen LogP contribution >= 0.6 is 0 Å². The van der Waals surface area contributed by atoms with Crippen molar-refractivity contribution in [2.45, 2.75) is 39.8 Å². The number of methoxy groups -OCH3 is 1. The Balaban J connectivity index is 2.75. The maximum Gasteiger partial charge on any atom is 0.0589 e. The average Bonchev–Trinajstić information content (AvgIpc) is 2.43. The van der Waals surface area contributed by atoms with E-state index in [1.807, 2.05) is 6.07 Å². The number of hydrogen-bond acceptors (Lipinski definition) is 3. The van der Waals surface area contributed by atoms with Crippen molar-refractivity contribution in [3.05, 3.63) is 35.9 Å². The second-order valence-electron chi connectivity index (χ2n) is 6.43. The van der Waals surface area contributed by atoms with Crippen LogP contribution in [0.5, 0.6) is 0 Å². The van der Waals surface area contributed by atoms with Crippen molar-refractivity contribution in [3.63, 3.8) is 0 Å². The lowest BCUT2D eigenvalue weighted by Gasteiger charge is -2.39. The third kappa shape index (κ3) is 4.89. The molecule has 1 aromatic rings. The third-order valence-electron chi connectivity index (χ3n) is 3.92. The van der Waals surface area contributed by atoms with Crippen LogP contribution in [-0.4, -0.2) is 37.7 Å². The quantitative estimate of drug-likeness (QED) is 0.794. The Kier molecular flexibility index (Phi) is 6.66. The Morgan fingerprint density at radius 1 is 1.20 bits per heavy atom. The van der Waals surface area contributed by atoms with E-state index in [-0.39, 0.29) is 11.5 Å². The van der Waals surface area contributed by atoms with E-state index < -0.39 is 0 Å². The minimum absolute atomic E-state index is 0.0133. The summed E-state index contributed by atoms with van der Waals surface area (Å²) in [7, 11) is 1.75. The fourth-order valence-electron chi connectivity index (χ4n) is 2.46. The monoisotopic (exact) mass is 278 g/mol. The van der Waals surface area contributed by atoms with Crippen molar-refractivity contribution in [2.75, 3.05) is 26.8 Å². The van der Waals surface area contributed by atoms with E-state index in [9.17, 15) is 0 Å². The minimum Gasteiger partial charge on any atom is -0.383 e.